The summed E-state index contributed by atoms with van der Waals surface area (Å²) in [6, 6.07) is 6.47. The molecule has 1 aliphatic rings. The van der Waals surface area contributed by atoms with Crippen LogP contribution in [-0.2, 0) is 14.9 Å². The molecule has 1 atom stereocenters. The van der Waals surface area contributed by atoms with Crippen LogP contribution in [0.5, 0.6) is 0 Å². The zero-order chi connectivity index (χ0) is 13.2. The summed E-state index contributed by atoms with van der Waals surface area (Å²) in [4.78, 5) is 5.31. The van der Waals surface area contributed by atoms with Gasteiger partial charge in [-0.1, -0.05) is 21.1 Å². The van der Waals surface area contributed by atoms with Crippen LogP contribution in [0, 0.1) is 0 Å². The third-order valence-corrected chi connectivity index (χ3v) is 4.47. The Balaban J connectivity index is 1.98. The highest BCUT2D eigenvalue weighted by Crippen LogP contribution is 2.15. The van der Waals surface area contributed by atoms with Crippen molar-refractivity contribution in [1.82, 2.24) is 4.72 Å². The van der Waals surface area contributed by atoms with Crippen molar-refractivity contribution < 1.29 is 13.3 Å². The van der Waals surface area contributed by atoms with Crippen LogP contribution in [0.1, 0.15) is 13.3 Å². The fourth-order valence-corrected chi connectivity index (χ4v) is 2.91. The van der Waals surface area contributed by atoms with Gasteiger partial charge in [-0.25, -0.2) is 13.1 Å². The first-order valence-corrected chi connectivity index (χ1v) is 7.69. The van der Waals surface area contributed by atoms with E-state index >= 15 is 0 Å². The normalized spacial score (nSPS) is 19.4. The average Bonchev–Trinajstić information content (AvgIpc) is 2.73. The van der Waals surface area contributed by atoms with Crippen LogP contribution in [0.3, 0.4) is 0 Å². The lowest BCUT2D eigenvalue weighted by Crippen LogP contribution is -2.32. The molecular weight excluding hydrogens is 320 g/mol. The van der Waals surface area contributed by atoms with E-state index in [9.17, 15) is 8.42 Å². The molecule has 18 heavy (non-hydrogen) atoms. The first kappa shape index (κ1) is 13.5. The van der Waals surface area contributed by atoms with Crippen molar-refractivity contribution in [1.29, 1.82) is 0 Å². The van der Waals surface area contributed by atoms with Crippen molar-refractivity contribution in [3.63, 3.8) is 0 Å². The van der Waals surface area contributed by atoms with E-state index in [-0.39, 0.29) is 17.5 Å². The topological polar surface area (TPSA) is 67.8 Å². The first-order chi connectivity index (χ1) is 8.47. The summed E-state index contributed by atoms with van der Waals surface area (Å²) in [5.74, 6) is 0. The number of hydrogen-bond donors (Lipinski definition) is 1. The standard InChI is InChI=1S/C11H13BrN2O3S/c1-8-6-10(17-14-8)7-13-18(15,16)11-4-2-9(12)3-5-11/h2-5,10,13H,6-7H2,1H3/t10-/m1/s1. The van der Waals surface area contributed by atoms with E-state index in [1.54, 1.807) is 24.3 Å². The first-order valence-electron chi connectivity index (χ1n) is 5.42. The molecule has 0 aliphatic carbocycles. The summed E-state index contributed by atoms with van der Waals surface area (Å²) in [6.07, 6.45) is 0.443. The highest BCUT2D eigenvalue weighted by molar-refractivity contribution is 9.10. The highest BCUT2D eigenvalue weighted by Gasteiger charge is 2.21. The van der Waals surface area contributed by atoms with E-state index in [2.05, 4.69) is 25.8 Å². The largest absolute Gasteiger partial charge is 0.391 e. The summed E-state index contributed by atoms with van der Waals surface area (Å²) in [5.41, 5.74) is 0.878. The molecule has 0 bridgehead atoms. The molecule has 1 aromatic rings. The van der Waals surface area contributed by atoms with Gasteiger partial charge in [-0.15, -0.1) is 0 Å². The lowest BCUT2D eigenvalue weighted by molar-refractivity contribution is 0.0891. The minimum atomic E-state index is -3.48. The molecule has 1 heterocycles. The van der Waals surface area contributed by atoms with E-state index in [4.69, 9.17) is 4.84 Å². The van der Waals surface area contributed by atoms with Crippen molar-refractivity contribution in [2.75, 3.05) is 6.54 Å². The SMILES string of the molecule is CC1=NO[C@@H](CNS(=O)(=O)c2ccc(Br)cc2)C1. The van der Waals surface area contributed by atoms with Crippen LogP contribution in [0.15, 0.2) is 38.8 Å². The van der Waals surface area contributed by atoms with Crippen molar-refractivity contribution in [3.05, 3.63) is 28.7 Å². The van der Waals surface area contributed by atoms with Crippen molar-refractivity contribution in [3.8, 4) is 0 Å². The van der Waals surface area contributed by atoms with Crippen LogP contribution >= 0.6 is 15.9 Å². The van der Waals surface area contributed by atoms with Gasteiger partial charge < -0.3 is 4.84 Å². The molecule has 7 heteroatoms. The lowest BCUT2D eigenvalue weighted by Gasteiger charge is -2.10. The van der Waals surface area contributed by atoms with Gasteiger partial charge in [0.05, 0.1) is 17.2 Å². The van der Waals surface area contributed by atoms with Crippen LogP contribution in [0.25, 0.3) is 0 Å². The zero-order valence-electron chi connectivity index (χ0n) is 9.76. The molecule has 5 nitrogen and oxygen atoms in total. The Labute approximate surface area is 114 Å². The average molecular weight is 333 g/mol. The Hall–Kier alpha value is -0.920. The van der Waals surface area contributed by atoms with Gasteiger partial charge in [-0.05, 0) is 31.2 Å². The van der Waals surface area contributed by atoms with Crippen LogP contribution in [-0.4, -0.2) is 26.8 Å². The summed E-state index contributed by atoms with van der Waals surface area (Å²) in [7, 11) is -3.48. The maximum absolute atomic E-state index is 12.0. The lowest BCUT2D eigenvalue weighted by atomic mass is 10.2. The fourth-order valence-electron chi connectivity index (χ4n) is 1.58. The number of sulfonamides is 1. The molecule has 2 rings (SSSR count). The van der Waals surface area contributed by atoms with Gasteiger partial charge in [0, 0.05) is 10.9 Å². The van der Waals surface area contributed by atoms with Gasteiger partial charge in [0.15, 0.2) is 0 Å². The molecule has 0 amide bonds. The van der Waals surface area contributed by atoms with E-state index in [0.29, 0.717) is 6.42 Å². The Morgan fingerprint density at radius 3 is 2.67 bits per heavy atom. The smallest absolute Gasteiger partial charge is 0.240 e. The van der Waals surface area contributed by atoms with Gasteiger partial charge in [-0.3, -0.25) is 0 Å². The molecule has 0 fully saturated rings. The van der Waals surface area contributed by atoms with Crippen LogP contribution in [0.2, 0.25) is 0 Å². The molecule has 0 saturated carbocycles. The summed E-state index contributed by atoms with van der Waals surface area (Å²) < 4.78 is 27.3. The second-order valence-electron chi connectivity index (χ2n) is 4.06. The van der Waals surface area contributed by atoms with Gasteiger partial charge in [0.2, 0.25) is 10.0 Å². The second-order valence-corrected chi connectivity index (χ2v) is 6.75. The molecule has 98 valence electrons. The van der Waals surface area contributed by atoms with Gasteiger partial charge >= 0.3 is 0 Å². The molecule has 0 aromatic heterocycles. The van der Waals surface area contributed by atoms with Crippen LogP contribution in [0.4, 0.5) is 0 Å². The van der Waals surface area contributed by atoms with E-state index in [1.165, 1.54) is 0 Å². The molecule has 0 spiro atoms. The van der Waals surface area contributed by atoms with Gasteiger partial charge in [0.25, 0.3) is 0 Å². The second kappa shape index (κ2) is 5.38. The molecule has 0 saturated heterocycles. The number of oxime groups is 1. The highest BCUT2D eigenvalue weighted by atomic mass is 79.9. The Morgan fingerprint density at radius 2 is 2.11 bits per heavy atom. The van der Waals surface area contributed by atoms with Gasteiger partial charge in [0.1, 0.15) is 6.10 Å². The Kier molecular flexibility index (Phi) is 4.04. The molecule has 0 unspecified atom stereocenters. The fraction of sp³-hybridized carbons (Fsp3) is 0.364. The quantitative estimate of drug-likeness (QED) is 0.915. The number of nitrogens with zero attached hydrogens (tertiary/aromatic N) is 1. The number of nitrogens with one attached hydrogen (secondary N) is 1. The monoisotopic (exact) mass is 332 g/mol. The predicted molar refractivity (Wildman–Crippen MR) is 71.9 cm³/mol. The number of halogens is 1. The van der Waals surface area contributed by atoms with Gasteiger partial charge in [-0.2, -0.15) is 0 Å². The zero-order valence-corrected chi connectivity index (χ0v) is 12.2. The molecule has 1 N–H and O–H groups in total. The predicted octanol–water partition coefficient (Wildman–Crippen LogP) is 1.89. The minimum absolute atomic E-state index is 0.213. The minimum Gasteiger partial charge on any atom is -0.391 e. The molecule has 0 radical (unpaired) electrons. The van der Waals surface area contributed by atoms with Crippen LogP contribution < -0.4 is 4.72 Å². The van der Waals surface area contributed by atoms with Crippen molar-refractivity contribution in [2.24, 2.45) is 5.16 Å². The third kappa shape index (κ3) is 3.30. The van der Waals surface area contributed by atoms with Crippen molar-refractivity contribution >= 4 is 31.7 Å². The summed E-state index contributed by atoms with van der Waals surface area (Å²) in [6.45, 7) is 2.07. The molecule has 1 aromatic carbocycles. The molecular formula is C11H13BrN2O3S. The maximum atomic E-state index is 12.0. The molecule has 1 aliphatic heterocycles. The summed E-state index contributed by atoms with van der Waals surface area (Å²) in [5, 5.41) is 3.78. The Morgan fingerprint density at radius 1 is 1.44 bits per heavy atom. The third-order valence-electron chi connectivity index (χ3n) is 2.51. The van der Waals surface area contributed by atoms with Crippen molar-refractivity contribution in [2.45, 2.75) is 24.3 Å². The Bertz CT molecular complexity index is 554. The van der Waals surface area contributed by atoms with E-state index < -0.39 is 10.0 Å². The number of rotatable bonds is 4. The number of hydrogen-bond acceptors (Lipinski definition) is 4. The van der Waals surface area contributed by atoms with E-state index in [1.807, 2.05) is 6.92 Å². The summed E-state index contributed by atoms with van der Waals surface area (Å²) >= 11 is 3.26. The van der Waals surface area contributed by atoms with E-state index in [0.717, 1.165) is 10.2 Å². The number of benzene rings is 1. The maximum Gasteiger partial charge on any atom is 0.240 e.